The summed E-state index contributed by atoms with van der Waals surface area (Å²) in [5.74, 6) is -0.239. The first-order valence-electron chi connectivity index (χ1n) is 39.0. The first-order chi connectivity index (χ1) is 47.3. The van der Waals surface area contributed by atoms with Crippen LogP contribution in [0, 0.1) is 0 Å². The van der Waals surface area contributed by atoms with E-state index in [-0.39, 0.29) is 18.9 Å². The van der Waals surface area contributed by atoms with Crippen LogP contribution in [0.2, 0.25) is 0 Å². The van der Waals surface area contributed by atoms with Gasteiger partial charge in [0.2, 0.25) is 5.91 Å². The first-order valence-corrected chi connectivity index (χ1v) is 39.0. The van der Waals surface area contributed by atoms with Crippen molar-refractivity contribution in [3.8, 4) is 0 Å². The summed E-state index contributed by atoms with van der Waals surface area (Å²) >= 11 is 0. The van der Waals surface area contributed by atoms with Crippen molar-refractivity contribution in [3.63, 3.8) is 0 Å². The third-order valence-electron chi connectivity index (χ3n) is 19.4. The minimum absolute atomic E-state index is 0.239. The molecule has 3 aliphatic heterocycles. The third kappa shape index (κ3) is 39.6. The smallest absolute Gasteiger partial charge is 0.220 e. The Kier molecular flexibility index (Phi) is 53.9. The molecule has 3 saturated heterocycles. The van der Waals surface area contributed by atoms with Gasteiger partial charge in [0.05, 0.1) is 38.6 Å². The second kappa shape index (κ2) is 58.9. The summed E-state index contributed by atoms with van der Waals surface area (Å²) in [5.41, 5.74) is 0. The number of aliphatic hydroxyl groups excluding tert-OH is 11. The van der Waals surface area contributed by atoms with Gasteiger partial charge in [0.15, 0.2) is 18.9 Å². The summed E-state index contributed by atoms with van der Waals surface area (Å²) in [6, 6.07) is -0.887. The number of nitrogens with one attached hydrogen (secondary N) is 1. The zero-order valence-corrected chi connectivity index (χ0v) is 60.3. The van der Waals surface area contributed by atoms with Gasteiger partial charge in [0.25, 0.3) is 0 Å². The van der Waals surface area contributed by atoms with Gasteiger partial charge >= 0.3 is 0 Å². The van der Waals surface area contributed by atoms with E-state index in [1.165, 1.54) is 186 Å². The topological polar surface area (TPSA) is 307 Å². The van der Waals surface area contributed by atoms with Crippen molar-refractivity contribution in [2.24, 2.45) is 0 Å². The monoisotopic (exact) mass is 1380 g/mol. The number of carbonyl (C=O) groups excluding carboxylic acids is 1. The predicted octanol–water partition coefficient (Wildman–Crippen LogP) is 12.3. The Hall–Kier alpha value is -2.51. The molecule has 0 saturated carbocycles. The van der Waals surface area contributed by atoms with Gasteiger partial charge in [-0.3, -0.25) is 4.79 Å². The Bertz CT molecular complexity index is 1990. The lowest BCUT2D eigenvalue weighted by molar-refractivity contribution is -0.379. The zero-order chi connectivity index (χ0) is 70.4. The van der Waals surface area contributed by atoms with Crippen LogP contribution in [0.4, 0.5) is 0 Å². The standard InChI is InChI=1S/C78H141NO18/c1-3-5-7-9-11-13-15-17-19-20-21-22-23-24-25-26-27-28-29-30-31-32-33-34-35-36-37-38-39-40-42-44-46-48-50-52-54-56-66(84)79-61(62(83)55-53-51-49-47-45-43-41-18-16-14-12-10-8-6-4-2)60-92-76-72(90)69(87)74(64(58-81)94-76)97-78-73(91)70(88)75(65(59-82)95-78)96-77-71(89)68(86)67(85)63(57-80)93-77/h5,7,11,13,17,19,21-22,24-25,61-65,67-78,80-83,85-91H,3-4,6,8-10,12,14-16,18,20,23,26-60H2,1-2H3,(H,79,84)/b7-5-,13-11-,19-17-,22-21-,25-24-. The number of hydrogen-bond donors (Lipinski definition) is 12. The van der Waals surface area contributed by atoms with Crippen molar-refractivity contribution in [2.75, 3.05) is 26.4 Å². The minimum atomic E-state index is -1.97. The van der Waals surface area contributed by atoms with Crippen molar-refractivity contribution in [2.45, 2.75) is 401 Å². The second-order valence-electron chi connectivity index (χ2n) is 27.8. The van der Waals surface area contributed by atoms with E-state index in [9.17, 15) is 61.0 Å². The van der Waals surface area contributed by atoms with Crippen LogP contribution in [0.5, 0.6) is 0 Å². The molecule has 1 amide bonds. The molecule has 0 aromatic heterocycles. The van der Waals surface area contributed by atoms with Crippen molar-refractivity contribution < 1.29 is 89.4 Å². The van der Waals surface area contributed by atoms with E-state index in [0.29, 0.717) is 12.8 Å². The van der Waals surface area contributed by atoms with Crippen molar-refractivity contribution in [1.29, 1.82) is 0 Å². The Morgan fingerprint density at radius 1 is 0.381 bits per heavy atom. The molecule has 3 rings (SSSR count). The Labute approximate surface area is 586 Å². The number of ether oxygens (including phenoxy) is 6. The molecule has 0 bridgehead atoms. The molecule has 3 heterocycles. The second-order valence-corrected chi connectivity index (χ2v) is 27.8. The summed E-state index contributed by atoms with van der Waals surface area (Å²) in [6.07, 6.45) is 47.5. The van der Waals surface area contributed by atoms with Gasteiger partial charge in [-0.1, -0.05) is 293 Å². The fourth-order valence-electron chi connectivity index (χ4n) is 13.1. The Balaban J connectivity index is 1.31. The molecule has 0 aromatic carbocycles. The van der Waals surface area contributed by atoms with Gasteiger partial charge in [-0.2, -0.15) is 0 Å². The summed E-state index contributed by atoms with van der Waals surface area (Å²) < 4.78 is 34.5. The molecule has 3 fully saturated rings. The molecule has 19 nitrogen and oxygen atoms in total. The summed E-state index contributed by atoms with van der Waals surface area (Å²) in [6.45, 7) is 1.71. The molecule has 0 radical (unpaired) electrons. The largest absolute Gasteiger partial charge is 0.394 e. The lowest BCUT2D eigenvalue weighted by Crippen LogP contribution is -2.66. The van der Waals surface area contributed by atoms with Crippen LogP contribution in [-0.2, 0) is 33.2 Å². The van der Waals surface area contributed by atoms with Crippen molar-refractivity contribution in [3.05, 3.63) is 60.8 Å². The van der Waals surface area contributed by atoms with Gasteiger partial charge in [-0.25, -0.2) is 0 Å². The van der Waals surface area contributed by atoms with Crippen LogP contribution in [0.1, 0.15) is 296 Å². The number of amides is 1. The molecule has 0 aromatic rings. The van der Waals surface area contributed by atoms with E-state index in [1.54, 1.807) is 0 Å². The number of allylic oxidation sites excluding steroid dienone is 10. The number of hydrogen-bond acceptors (Lipinski definition) is 18. The molecule has 566 valence electrons. The Morgan fingerprint density at radius 3 is 1.11 bits per heavy atom. The SMILES string of the molecule is CC/C=C\C/C=C\C/C=C\C/C=C\C/C=C\CCCCCCCCCCCCCCCCCCCCCCCC(=O)NC(COC1OC(CO)C(OC2OC(CO)C(OC3OC(CO)C(O)C(O)C3O)C(O)C2O)C(O)C1O)C(O)CCCCCCCCCCCCCCCCC. The van der Waals surface area contributed by atoms with E-state index in [1.807, 2.05) is 0 Å². The Morgan fingerprint density at radius 2 is 0.711 bits per heavy atom. The quantitative estimate of drug-likeness (QED) is 0.0199. The molecule has 17 unspecified atom stereocenters. The fraction of sp³-hybridized carbons (Fsp3) is 0.859. The van der Waals surface area contributed by atoms with Gasteiger partial charge in [-0.05, 0) is 57.8 Å². The van der Waals surface area contributed by atoms with Crippen molar-refractivity contribution >= 4 is 5.91 Å². The molecule has 97 heavy (non-hydrogen) atoms. The van der Waals surface area contributed by atoms with Crippen LogP contribution < -0.4 is 5.32 Å². The highest BCUT2D eigenvalue weighted by Gasteiger charge is 2.54. The lowest BCUT2D eigenvalue weighted by Gasteiger charge is -2.48. The van der Waals surface area contributed by atoms with Gasteiger partial charge in [-0.15, -0.1) is 0 Å². The maximum atomic E-state index is 13.5. The lowest BCUT2D eigenvalue weighted by atomic mass is 9.96. The number of carbonyl (C=O) groups is 1. The maximum absolute atomic E-state index is 13.5. The van der Waals surface area contributed by atoms with E-state index < -0.39 is 124 Å². The normalized spacial score (nSPS) is 27.2. The summed E-state index contributed by atoms with van der Waals surface area (Å²) in [5, 5.41) is 121. The molecule has 12 N–H and O–H groups in total. The average molecular weight is 1380 g/mol. The highest BCUT2D eigenvalue weighted by Crippen LogP contribution is 2.33. The third-order valence-corrected chi connectivity index (χ3v) is 19.4. The predicted molar refractivity (Wildman–Crippen MR) is 383 cm³/mol. The first kappa shape index (κ1) is 88.7. The van der Waals surface area contributed by atoms with E-state index in [4.69, 9.17) is 28.4 Å². The van der Waals surface area contributed by atoms with Crippen molar-refractivity contribution in [1.82, 2.24) is 5.32 Å². The molecular weight excluding hydrogens is 1240 g/mol. The van der Waals surface area contributed by atoms with E-state index in [2.05, 4.69) is 79.9 Å². The molecule has 0 spiro atoms. The zero-order valence-electron chi connectivity index (χ0n) is 60.3. The number of rotatable bonds is 61. The van der Waals surface area contributed by atoms with Crippen LogP contribution in [-0.4, -0.2) is 193 Å². The van der Waals surface area contributed by atoms with Gasteiger partial charge in [0, 0.05) is 6.42 Å². The molecule has 3 aliphatic rings. The maximum Gasteiger partial charge on any atom is 0.220 e. The van der Waals surface area contributed by atoms with Gasteiger partial charge < -0.3 is 89.9 Å². The van der Waals surface area contributed by atoms with Crippen LogP contribution in [0.25, 0.3) is 0 Å². The number of aliphatic hydroxyl groups is 11. The summed E-state index contributed by atoms with van der Waals surface area (Å²) in [4.78, 5) is 13.5. The molecule has 19 heteroatoms. The summed E-state index contributed by atoms with van der Waals surface area (Å²) in [7, 11) is 0. The average Bonchev–Trinajstić information content (AvgIpc) is 0.789. The number of unbranched alkanes of at least 4 members (excludes halogenated alkanes) is 35. The highest BCUT2D eigenvalue weighted by atomic mass is 16.8. The fourth-order valence-corrected chi connectivity index (χ4v) is 13.1. The molecular formula is C78H141NO18. The highest BCUT2D eigenvalue weighted by molar-refractivity contribution is 5.76. The van der Waals surface area contributed by atoms with Crippen LogP contribution >= 0.6 is 0 Å². The molecule has 0 aliphatic carbocycles. The van der Waals surface area contributed by atoms with E-state index >= 15 is 0 Å². The van der Waals surface area contributed by atoms with Crippen LogP contribution in [0.3, 0.4) is 0 Å². The minimum Gasteiger partial charge on any atom is -0.394 e. The molecule has 17 atom stereocenters. The van der Waals surface area contributed by atoms with Gasteiger partial charge in [0.1, 0.15) is 73.2 Å². The van der Waals surface area contributed by atoms with Crippen LogP contribution in [0.15, 0.2) is 60.8 Å². The van der Waals surface area contributed by atoms with E-state index in [0.717, 1.165) is 77.0 Å².